The summed E-state index contributed by atoms with van der Waals surface area (Å²) in [7, 11) is 0. The number of benzene rings is 3. The van der Waals surface area contributed by atoms with Crippen molar-refractivity contribution in [3.05, 3.63) is 100 Å². The summed E-state index contributed by atoms with van der Waals surface area (Å²) in [6, 6.07) is 21.6. The van der Waals surface area contributed by atoms with Gasteiger partial charge in [0.1, 0.15) is 11.1 Å². The van der Waals surface area contributed by atoms with Crippen LogP contribution in [0.5, 0.6) is 0 Å². The zero-order chi connectivity index (χ0) is 25.2. The van der Waals surface area contributed by atoms with Gasteiger partial charge in [-0.1, -0.05) is 65.8 Å². The van der Waals surface area contributed by atoms with Crippen molar-refractivity contribution < 1.29 is 14.0 Å². The quantitative estimate of drug-likeness (QED) is 0.450. The SMILES string of the molecule is Cc1cc(NC(=O)C[C@H]2SC(N3N=C(c4ccc(Cl)cc4)C[C@H]3c3ccccc3)=NC2=O)ccc1F. The second-order valence-corrected chi connectivity index (χ2v) is 10.2. The lowest BCUT2D eigenvalue weighted by Gasteiger charge is -2.23. The molecular weight excluding hydrogens is 499 g/mol. The molecule has 3 aromatic rings. The molecule has 0 fully saturated rings. The van der Waals surface area contributed by atoms with Crippen molar-refractivity contribution in [3.63, 3.8) is 0 Å². The van der Waals surface area contributed by atoms with E-state index in [0.717, 1.165) is 16.8 Å². The highest BCUT2D eigenvalue weighted by molar-refractivity contribution is 8.15. The van der Waals surface area contributed by atoms with Gasteiger partial charge in [-0.3, -0.25) is 9.59 Å². The molecule has 2 aliphatic rings. The Bertz CT molecular complexity index is 1380. The van der Waals surface area contributed by atoms with Gasteiger partial charge in [0.2, 0.25) is 5.91 Å². The fourth-order valence-corrected chi connectivity index (χ4v) is 5.33. The first-order valence-electron chi connectivity index (χ1n) is 11.4. The Morgan fingerprint density at radius 1 is 1.14 bits per heavy atom. The highest BCUT2D eigenvalue weighted by atomic mass is 35.5. The lowest BCUT2D eigenvalue weighted by molar-refractivity contribution is -0.121. The zero-order valence-electron chi connectivity index (χ0n) is 19.3. The maximum absolute atomic E-state index is 13.5. The van der Waals surface area contributed by atoms with E-state index in [1.807, 2.05) is 54.6 Å². The van der Waals surface area contributed by atoms with E-state index in [-0.39, 0.29) is 30.1 Å². The fraction of sp³-hybridized carbons (Fsp3) is 0.185. The lowest BCUT2D eigenvalue weighted by Crippen LogP contribution is -2.25. The van der Waals surface area contributed by atoms with Gasteiger partial charge in [-0.05, 0) is 53.9 Å². The van der Waals surface area contributed by atoms with Gasteiger partial charge < -0.3 is 5.32 Å². The van der Waals surface area contributed by atoms with E-state index >= 15 is 0 Å². The van der Waals surface area contributed by atoms with Crippen LogP contribution in [0.25, 0.3) is 0 Å². The van der Waals surface area contributed by atoms with Crippen LogP contribution in [0.4, 0.5) is 10.1 Å². The van der Waals surface area contributed by atoms with Gasteiger partial charge in [-0.25, -0.2) is 9.40 Å². The van der Waals surface area contributed by atoms with Crippen LogP contribution < -0.4 is 5.32 Å². The number of aryl methyl sites for hydroxylation is 1. The Kier molecular flexibility index (Phi) is 6.89. The lowest BCUT2D eigenvalue weighted by atomic mass is 9.99. The summed E-state index contributed by atoms with van der Waals surface area (Å²) >= 11 is 7.29. The van der Waals surface area contributed by atoms with Crippen LogP contribution >= 0.6 is 23.4 Å². The summed E-state index contributed by atoms with van der Waals surface area (Å²) in [5.41, 5.74) is 3.78. The molecule has 2 aliphatic heterocycles. The number of anilines is 1. The van der Waals surface area contributed by atoms with Gasteiger partial charge in [-0.2, -0.15) is 10.1 Å². The van der Waals surface area contributed by atoms with Crippen LogP contribution in [0.2, 0.25) is 5.02 Å². The maximum atomic E-state index is 13.5. The molecular formula is C27H22ClFN4O2S. The molecule has 0 aromatic heterocycles. The molecule has 2 atom stereocenters. The number of aliphatic imine (C=N–C) groups is 1. The third-order valence-corrected chi connectivity index (χ3v) is 7.40. The Hall–Kier alpha value is -3.49. The Morgan fingerprint density at radius 2 is 1.89 bits per heavy atom. The monoisotopic (exact) mass is 520 g/mol. The van der Waals surface area contributed by atoms with Crippen molar-refractivity contribution >= 4 is 51.7 Å². The summed E-state index contributed by atoms with van der Waals surface area (Å²) in [5, 5.41) is 9.80. The van der Waals surface area contributed by atoms with Crippen LogP contribution in [0.15, 0.2) is 82.9 Å². The number of hydrazone groups is 1. The minimum Gasteiger partial charge on any atom is -0.326 e. The van der Waals surface area contributed by atoms with Crippen molar-refractivity contribution in [2.45, 2.75) is 31.1 Å². The first-order chi connectivity index (χ1) is 17.4. The summed E-state index contributed by atoms with van der Waals surface area (Å²) in [4.78, 5) is 29.6. The second kappa shape index (κ2) is 10.2. The van der Waals surface area contributed by atoms with E-state index in [4.69, 9.17) is 16.7 Å². The Labute approximate surface area is 217 Å². The van der Waals surface area contributed by atoms with E-state index in [9.17, 15) is 14.0 Å². The molecule has 0 bridgehead atoms. The number of amidine groups is 1. The molecule has 3 aromatic carbocycles. The van der Waals surface area contributed by atoms with Gasteiger partial charge in [-0.15, -0.1) is 0 Å². The average Bonchev–Trinajstić information content (AvgIpc) is 3.46. The van der Waals surface area contributed by atoms with Crippen LogP contribution in [-0.2, 0) is 9.59 Å². The van der Waals surface area contributed by atoms with Gasteiger partial charge in [0, 0.05) is 23.6 Å². The molecule has 0 saturated carbocycles. The molecule has 0 radical (unpaired) electrons. The third-order valence-electron chi connectivity index (χ3n) is 6.01. The molecule has 9 heteroatoms. The predicted molar refractivity (Wildman–Crippen MR) is 142 cm³/mol. The number of carbonyl (C=O) groups is 2. The molecule has 5 rings (SSSR count). The van der Waals surface area contributed by atoms with Gasteiger partial charge in [0.15, 0.2) is 5.17 Å². The third kappa shape index (κ3) is 5.20. The highest BCUT2D eigenvalue weighted by Gasteiger charge is 2.39. The summed E-state index contributed by atoms with van der Waals surface area (Å²) in [6.07, 6.45) is 0.582. The molecule has 36 heavy (non-hydrogen) atoms. The van der Waals surface area contributed by atoms with E-state index in [2.05, 4.69) is 10.3 Å². The Balaban J connectivity index is 1.33. The zero-order valence-corrected chi connectivity index (χ0v) is 20.9. The number of rotatable bonds is 5. The number of hydrogen-bond acceptors (Lipinski definition) is 5. The van der Waals surface area contributed by atoms with Gasteiger partial charge >= 0.3 is 0 Å². The molecule has 0 spiro atoms. The number of halogens is 2. The second-order valence-electron chi connectivity index (χ2n) is 8.58. The fourth-order valence-electron chi connectivity index (χ4n) is 4.15. The van der Waals surface area contributed by atoms with Crippen molar-refractivity contribution in [1.82, 2.24) is 5.01 Å². The first-order valence-corrected chi connectivity index (χ1v) is 12.7. The predicted octanol–water partition coefficient (Wildman–Crippen LogP) is 5.97. The Morgan fingerprint density at radius 3 is 2.61 bits per heavy atom. The van der Waals surface area contributed by atoms with Crippen LogP contribution in [0.3, 0.4) is 0 Å². The van der Waals surface area contributed by atoms with Crippen molar-refractivity contribution in [3.8, 4) is 0 Å². The van der Waals surface area contributed by atoms with E-state index < -0.39 is 5.25 Å². The molecule has 0 unspecified atom stereocenters. The minimum absolute atomic E-state index is 0.0511. The van der Waals surface area contributed by atoms with Crippen molar-refractivity contribution in [2.24, 2.45) is 10.1 Å². The largest absolute Gasteiger partial charge is 0.326 e. The first kappa shape index (κ1) is 24.2. The molecule has 0 aliphatic carbocycles. The van der Waals surface area contributed by atoms with E-state index in [1.165, 1.54) is 23.9 Å². The molecule has 6 nitrogen and oxygen atoms in total. The van der Waals surface area contributed by atoms with Crippen LogP contribution in [0, 0.1) is 12.7 Å². The summed E-state index contributed by atoms with van der Waals surface area (Å²) in [6.45, 7) is 1.62. The van der Waals surface area contributed by atoms with Crippen LogP contribution in [-0.4, -0.2) is 33.0 Å². The standard InChI is InChI=1S/C27H22ClFN4O2S/c1-16-13-20(11-12-21(16)29)30-25(34)15-24-26(35)31-27(36-24)33-23(18-5-3-2-4-6-18)14-22(32-33)17-7-9-19(28)10-8-17/h2-13,23-24H,14-15H2,1H3,(H,30,34)/t23-,24+/m0/s1. The summed E-state index contributed by atoms with van der Waals surface area (Å²) in [5.74, 6) is -1.05. The van der Waals surface area contributed by atoms with Gasteiger partial charge in [0.25, 0.3) is 5.91 Å². The molecule has 182 valence electrons. The number of hydrogen-bond donors (Lipinski definition) is 1. The van der Waals surface area contributed by atoms with E-state index in [0.29, 0.717) is 27.9 Å². The van der Waals surface area contributed by atoms with Crippen molar-refractivity contribution in [1.29, 1.82) is 0 Å². The van der Waals surface area contributed by atoms with Crippen LogP contribution in [0.1, 0.15) is 35.6 Å². The molecule has 2 heterocycles. The molecule has 2 amide bonds. The minimum atomic E-state index is -0.659. The van der Waals surface area contributed by atoms with Gasteiger partial charge in [0.05, 0.1) is 11.8 Å². The maximum Gasteiger partial charge on any atom is 0.262 e. The average molecular weight is 521 g/mol. The topological polar surface area (TPSA) is 74.1 Å². The van der Waals surface area contributed by atoms with Crippen molar-refractivity contribution in [2.75, 3.05) is 5.32 Å². The summed E-state index contributed by atoms with van der Waals surface area (Å²) < 4.78 is 13.5. The number of nitrogens with one attached hydrogen (secondary N) is 1. The highest BCUT2D eigenvalue weighted by Crippen LogP contribution is 2.38. The number of nitrogens with zero attached hydrogens (tertiary/aromatic N) is 3. The number of thioether (sulfide) groups is 1. The number of amides is 2. The molecule has 0 saturated heterocycles. The van der Waals surface area contributed by atoms with E-state index in [1.54, 1.807) is 18.0 Å². The smallest absolute Gasteiger partial charge is 0.262 e. The molecule has 1 N–H and O–H groups in total. The number of carbonyl (C=O) groups excluding carboxylic acids is 2. The normalized spacial score (nSPS) is 19.3.